The van der Waals surface area contributed by atoms with Crippen LogP contribution in [-0.2, 0) is 19.8 Å². The molecule has 0 unspecified atom stereocenters. The van der Waals surface area contributed by atoms with E-state index in [9.17, 15) is 13.2 Å². The summed E-state index contributed by atoms with van der Waals surface area (Å²) in [6.45, 7) is 2.40. The zero-order chi connectivity index (χ0) is 23.9. The predicted octanol–water partition coefficient (Wildman–Crippen LogP) is 5.36. The van der Waals surface area contributed by atoms with Crippen LogP contribution in [0.1, 0.15) is 16.8 Å². The maximum Gasteiger partial charge on any atom is 0.416 e. The lowest BCUT2D eigenvalue weighted by atomic mass is 10.1. The molecule has 0 aliphatic heterocycles. The molecular formula is C24H20F3N7. The lowest BCUT2D eigenvalue weighted by Crippen LogP contribution is -2.06. The van der Waals surface area contributed by atoms with Gasteiger partial charge in [-0.2, -0.15) is 13.2 Å². The molecule has 2 N–H and O–H groups in total. The third-order valence-corrected chi connectivity index (χ3v) is 5.40. The van der Waals surface area contributed by atoms with Crippen LogP contribution in [0, 0.1) is 6.92 Å². The van der Waals surface area contributed by atoms with Crippen LogP contribution >= 0.6 is 0 Å². The van der Waals surface area contributed by atoms with Crippen molar-refractivity contribution in [2.45, 2.75) is 19.6 Å². The standard InChI is InChI=1S/C24H20F3N7/c1-14-12-34(2)23(31-14)16-8-6-15(7-9-16)11-28-21-19-22(30-13-29-19)33-20(32-21)17-4-3-5-18(10-17)24(25,26)27/h3-10,12-13H,11H2,1-2H3,(H2,28,29,30,32,33). The van der Waals surface area contributed by atoms with Crippen LogP contribution in [0.15, 0.2) is 61.1 Å². The number of imidazole rings is 2. The molecule has 0 saturated heterocycles. The van der Waals surface area contributed by atoms with Crippen molar-refractivity contribution < 1.29 is 13.2 Å². The summed E-state index contributed by atoms with van der Waals surface area (Å²) in [5.74, 6) is 1.50. The molecule has 0 amide bonds. The smallest absolute Gasteiger partial charge is 0.364 e. The first-order chi connectivity index (χ1) is 16.3. The lowest BCUT2D eigenvalue weighted by Gasteiger charge is -2.11. The Bertz CT molecular complexity index is 1470. The van der Waals surface area contributed by atoms with Gasteiger partial charge in [0.05, 0.1) is 17.6 Å². The molecular weight excluding hydrogens is 443 g/mol. The lowest BCUT2D eigenvalue weighted by molar-refractivity contribution is -0.137. The Balaban J connectivity index is 1.41. The Hall–Kier alpha value is -4.21. The van der Waals surface area contributed by atoms with Gasteiger partial charge in [0.2, 0.25) is 0 Å². The minimum absolute atomic E-state index is 0.161. The van der Waals surface area contributed by atoms with Crippen LogP contribution in [0.25, 0.3) is 33.9 Å². The maximum atomic E-state index is 13.2. The molecule has 34 heavy (non-hydrogen) atoms. The first kappa shape index (κ1) is 21.6. The number of nitrogens with one attached hydrogen (secondary N) is 2. The fraction of sp³-hybridized carbons (Fsp3) is 0.167. The highest BCUT2D eigenvalue weighted by molar-refractivity contribution is 5.84. The number of fused-ring (bicyclic) bond motifs is 1. The number of benzene rings is 2. The summed E-state index contributed by atoms with van der Waals surface area (Å²) in [6, 6.07) is 12.9. The Morgan fingerprint density at radius 2 is 1.79 bits per heavy atom. The number of hydrogen-bond donors (Lipinski definition) is 2. The van der Waals surface area contributed by atoms with E-state index in [1.54, 1.807) is 6.07 Å². The minimum atomic E-state index is -4.45. The van der Waals surface area contributed by atoms with Crippen molar-refractivity contribution in [3.05, 3.63) is 77.9 Å². The number of aryl methyl sites for hydroxylation is 2. The molecule has 5 rings (SSSR count). The average Bonchev–Trinajstić information content (AvgIpc) is 3.43. The van der Waals surface area contributed by atoms with Crippen molar-refractivity contribution in [1.82, 2.24) is 29.5 Å². The summed E-state index contributed by atoms with van der Waals surface area (Å²) < 4.78 is 41.5. The van der Waals surface area contributed by atoms with Gasteiger partial charge in [0.15, 0.2) is 17.3 Å². The third kappa shape index (κ3) is 4.21. The van der Waals surface area contributed by atoms with Crippen LogP contribution in [0.5, 0.6) is 0 Å². The molecule has 0 saturated carbocycles. The average molecular weight is 463 g/mol. The van der Waals surface area contributed by atoms with E-state index in [-0.39, 0.29) is 11.4 Å². The quantitative estimate of drug-likeness (QED) is 0.367. The van der Waals surface area contributed by atoms with Gasteiger partial charge in [0, 0.05) is 30.9 Å². The SMILES string of the molecule is Cc1cn(C)c(-c2ccc(CNc3nc(-c4cccc(C(F)(F)F)c4)nc4nc[nH]c34)cc2)n1. The van der Waals surface area contributed by atoms with Gasteiger partial charge < -0.3 is 14.9 Å². The number of halogens is 3. The second kappa shape index (κ2) is 8.29. The van der Waals surface area contributed by atoms with Gasteiger partial charge in [-0.25, -0.2) is 19.9 Å². The van der Waals surface area contributed by atoms with Crippen LogP contribution in [-0.4, -0.2) is 29.5 Å². The van der Waals surface area contributed by atoms with Gasteiger partial charge in [-0.3, -0.25) is 0 Å². The van der Waals surface area contributed by atoms with Crippen molar-refractivity contribution in [3.8, 4) is 22.8 Å². The van der Waals surface area contributed by atoms with Gasteiger partial charge in [-0.15, -0.1) is 0 Å². The number of nitrogens with zero attached hydrogens (tertiary/aromatic N) is 5. The minimum Gasteiger partial charge on any atom is -0.364 e. The predicted molar refractivity (Wildman–Crippen MR) is 123 cm³/mol. The Kier molecular flexibility index (Phi) is 5.27. The molecule has 0 aliphatic rings. The summed E-state index contributed by atoms with van der Waals surface area (Å²) in [5.41, 5.74) is 3.41. The second-order valence-electron chi connectivity index (χ2n) is 7.94. The Morgan fingerprint density at radius 3 is 2.50 bits per heavy atom. The van der Waals surface area contributed by atoms with Gasteiger partial charge in [0.25, 0.3) is 0 Å². The second-order valence-corrected chi connectivity index (χ2v) is 7.94. The molecule has 3 aromatic heterocycles. The fourth-order valence-electron chi connectivity index (χ4n) is 3.77. The topological polar surface area (TPSA) is 84.3 Å². The zero-order valence-electron chi connectivity index (χ0n) is 18.4. The normalized spacial score (nSPS) is 11.8. The first-order valence-corrected chi connectivity index (χ1v) is 10.5. The molecule has 172 valence electrons. The van der Waals surface area contributed by atoms with Gasteiger partial charge in [-0.05, 0) is 24.6 Å². The number of hydrogen-bond acceptors (Lipinski definition) is 5. The molecule has 3 heterocycles. The summed E-state index contributed by atoms with van der Waals surface area (Å²) in [7, 11) is 1.96. The Labute approximate surface area is 192 Å². The largest absolute Gasteiger partial charge is 0.416 e. The number of aromatic amines is 1. The molecule has 0 fully saturated rings. The Morgan fingerprint density at radius 1 is 1.00 bits per heavy atom. The van der Waals surface area contributed by atoms with Crippen LogP contribution < -0.4 is 5.32 Å². The van der Waals surface area contributed by atoms with E-state index >= 15 is 0 Å². The highest BCUT2D eigenvalue weighted by Crippen LogP contribution is 2.32. The van der Waals surface area contributed by atoms with Gasteiger partial charge >= 0.3 is 6.18 Å². The number of rotatable bonds is 5. The van der Waals surface area contributed by atoms with E-state index in [1.165, 1.54) is 12.4 Å². The number of anilines is 1. The first-order valence-electron chi connectivity index (χ1n) is 10.5. The summed E-state index contributed by atoms with van der Waals surface area (Å²) in [6.07, 6.45) is -1.01. The van der Waals surface area contributed by atoms with E-state index in [0.29, 0.717) is 23.5 Å². The maximum absolute atomic E-state index is 13.2. The number of alkyl halides is 3. The highest BCUT2D eigenvalue weighted by atomic mass is 19.4. The number of H-pyrrole nitrogens is 1. The van der Waals surface area contributed by atoms with Crippen molar-refractivity contribution in [1.29, 1.82) is 0 Å². The van der Waals surface area contributed by atoms with E-state index in [2.05, 4.69) is 30.2 Å². The molecule has 5 aromatic rings. The van der Waals surface area contributed by atoms with Crippen molar-refractivity contribution in [3.63, 3.8) is 0 Å². The van der Waals surface area contributed by atoms with Crippen LogP contribution in [0.3, 0.4) is 0 Å². The fourth-order valence-corrected chi connectivity index (χ4v) is 3.77. The van der Waals surface area contributed by atoms with E-state index in [4.69, 9.17) is 0 Å². The summed E-state index contributed by atoms with van der Waals surface area (Å²) >= 11 is 0. The molecule has 2 aromatic carbocycles. The monoisotopic (exact) mass is 463 g/mol. The van der Waals surface area contributed by atoms with Gasteiger partial charge in [0.1, 0.15) is 11.3 Å². The van der Waals surface area contributed by atoms with Crippen molar-refractivity contribution in [2.75, 3.05) is 5.32 Å². The molecule has 0 spiro atoms. The van der Waals surface area contributed by atoms with E-state index in [0.717, 1.165) is 34.8 Å². The van der Waals surface area contributed by atoms with Gasteiger partial charge in [-0.1, -0.05) is 36.4 Å². The summed E-state index contributed by atoms with van der Waals surface area (Å²) in [4.78, 5) is 20.5. The summed E-state index contributed by atoms with van der Waals surface area (Å²) in [5, 5.41) is 3.25. The molecule has 0 aliphatic carbocycles. The van der Waals surface area contributed by atoms with Crippen LogP contribution in [0.4, 0.5) is 19.0 Å². The molecule has 0 bridgehead atoms. The number of aromatic nitrogens is 6. The van der Waals surface area contributed by atoms with E-state index < -0.39 is 11.7 Å². The third-order valence-electron chi connectivity index (χ3n) is 5.40. The van der Waals surface area contributed by atoms with E-state index in [1.807, 2.05) is 49.0 Å². The van der Waals surface area contributed by atoms with Crippen molar-refractivity contribution >= 4 is 17.0 Å². The zero-order valence-corrected chi connectivity index (χ0v) is 18.4. The highest BCUT2D eigenvalue weighted by Gasteiger charge is 2.30. The molecule has 7 nitrogen and oxygen atoms in total. The molecule has 10 heteroatoms. The van der Waals surface area contributed by atoms with Crippen molar-refractivity contribution in [2.24, 2.45) is 7.05 Å². The molecule has 0 radical (unpaired) electrons. The molecule has 0 atom stereocenters. The van der Waals surface area contributed by atoms with Crippen LogP contribution in [0.2, 0.25) is 0 Å².